The molecular weight excluding hydrogens is 346 g/mol. The van der Waals surface area contributed by atoms with Crippen LogP contribution in [-0.4, -0.2) is 21.8 Å². The van der Waals surface area contributed by atoms with Crippen LogP contribution in [0, 0.1) is 6.92 Å². The first-order chi connectivity index (χ1) is 10.3. The molecule has 0 aliphatic carbocycles. The number of fused-ring (bicyclic) bond motifs is 1. The fourth-order valence-corrected chi connectivity index (χ4v) is 3.79. The highest BCUT2D eigenvalue weighted by molar-refractivity contribution is 9.09. The van der Waals surface area contributed by atoms with Crippen LogP contribution in [0.2, 0.25) is 0 Å². The number of aryl methyl sites for hydroxylation is 1. The van der Waals surface area contributed by atoms with E-state index in [-0.39, 0.29) is 0 Å². The molecule has 21 heavy (non-hydrogen) atoms. The molecule has 0 N–H and O–H groups in total. The predicted octanol–water partition coefficient (Wildman–Crippen LogP) is 4.40. The van der Waals surface area contributed by atoms with Gasteiger partial charge in [-0.1, -0.05) is 46.3 Å². The predicted molar refractivity (Wildman–Crippen MR) is 93.4 cm³/mol. The quantitative estimate of drug-likeness (QED) is 0.630. The normalized spacial score (nSPS) is 11.0. The summed E-state index contributed by atoms with van der Waals surface area (Å²) in [4.78, 5) is 11.3. The van der Waals surface area contributed by atoms with Crippen molar-refractivity contribution in [1.82, 2.24) is 9.97 Å². The molecule has 2 aromatic heterocycles. The van der Waals surface area contributed by atoms with E-state index in [4.69, 9.17) is 0 Å². The second-order valence-electron chi connectivity index (χ2n) is 4.89. The number of halogens is 1. The third-order valence-electron chi connectivity index (χ3n) is 3.38. The lowest BCUT2D eigenvalue weighted by atomic mass is 10.2. The maximum Gasteiger partial charge on any atom is 0.150 e. The number of hydrogen-bond acceptors (Lipinski definition) is 4. The molecule has 3 nitrogen and oxygen atoms in total. The van der Waals surface area contributed by atoms with Gasteiger partial charge in [0.05, 0.1) is 10.2 Å². The molecule has 108 valence electrons. The van der Waals surface area contributed by atoms with Gasteiger partial charge in [0.15, 0.2) is 0 Å². The molecule has 3 aromatic rings. The van der Waals surface area contributed by atoms with Crippen LogP contribution in [0.15, 0.2) is 42.0 Å². The number of thiophene rings is 1. The van der Waals surface area contributed by atoms with Crippen LogP contribution in [0.5, 0.6) is 0 Å². The Balaban J connectivity index is 1.99. The number of anilines is 1. The van der Waals surface area contributed by atoms with Crippen molar-refractivity contribution >= 4 is 43.3 Å². The summed E-state index contributed by atoms with van der Waals surface area (Å²) in [6.45, 7) is 3.87. The largest absolute Gasteiger partial charge is 0.350 e. The average Bonchev–Trinajstić information content (AvgIpc) is 2.90. The second kappa shape index (κ2) is 6.54. The maximum absolute atomic E-state index is 4.54. The van der Waals surface area contributed by atoms with Crippen LogP contribution in [0.3, 0.4) is 0 Å². The van der Waals surface area contributed by atoms with Gasteiger partial charge in [-0.25, -0.2) is 9.97 Å². The van der Waals surface area contributed by atoms with E-state index in [0.717, 1.165) is 29.8 Å². The summed E-state index contributed by atoms with van der Waals surface area (Å²) in [6, 6.07) is 10.5. The minimum Gasteiger partial charge on any atom is -0.350 e. The molecule has 0 aliphatic heterocycles. The highest BCUT2D eigenvalue weighted by Crippen LogP contribution is 2.31. The highest BCUT2D eigenvalue weighted by atomic mass is 79.9. The number of benzene rings is 1. The minimum absolute atomic E-state index is 0.857. The van der Waals surface area contributed by atoms with E-state index < -0.39 is 0 Å². The van der Waals surface area contributed by atoms with E-state index >= 15 is 0 Å². The van der Waals surface area contributed by atoms with Crippen molar-refractivity contribution in [2.75, 3.05) is 16.8 Å². The van der Waals surface area contributed by atoms with Crippen molar-refractivity contribution in [2.45, 2.75) is 13.5 Å². The topological polar surface area (TPSA) is 29.0 Å². The number of aromatic nitrogens is 2. The second-order valence-corrected chi connectivity index (χ2v) is 6.56. The molecule has 0 radical (unpaired) electrons. The standard InChI is InChI=1S/C16H16BrN3S/c1-12-10-21-15-14(12)18-11-19-16(15)20(8-7-17)9-13-5-3-2-4-6-13/h2-6,10-11H,7-9H2,1H3. The van der Waals surface area contributed by atoms with Crippen LogP contribution in [-0.2, 0) is 6.54 Å². The van der Waals surface area contributed by atoms with Crippen molar-refractivity contribution in [1.29, 1.82) is 0 Å². The average molecular weight is 362 g/mol. The lowest BCUT2D eigenvalue weighted by molar-refractivity contribution is 0.825. The number of nitrogens with zero attached hydrogens (tertiary/aromatic N) is 3. The molecule has 0 spiro atoms. The van der Waals surface area contributed by atoms with E-state index in [1.165, 1.54) is 15.8 Å². The molecule has 0 aliphatic rings. The lowest BCUT2D eigenvalue weighted by Crippen LogP contribution is -2.25. The molecule has 0 saturated heterocycles. The summed E-state index contributed by atoms with van der Waals surface area (Å²) in [5, 5.41) is 3.06. The van der Waals surface area contributed by atoms with Crippen LogP contribution in [0.25, 0.3) is 10.2 Å². The monoisotopic (exact) mass is 361 g/mol. The lowest BCUT2D eigenvalue weighted by Gasteiger charge is -2.23. The van der Waals surface area contributed by atoms with Crippen molar-refractivity contribution < 1.29 is 0 Å². The Hall–Kier alpha value is -1.46. The first kappa shape index (κ1) is 14.5. The fraction of sp³-hybridized carbons (Fsp3) is 0.250. The number of alkyl halides is 1. The Labute approximate surface area is 136 Å². The Morgan fingerprint density at radius 3 is 2.76 bits per heavy atom. The van der Waals surface area contributed by atoms with Gasteiger partial charge in [0.25, 0.3) is 0 Å². The molecule has 0 atom stereocenters. The van der Waals surface area contributed by atoms with Crippen LogP contribution < -0.4 is 4.90 Å². The molecule has 1 aromatic carbocycles. The molecule has 0 bridgehead atoms. The first-order valence-corrected chi connectivity index (χ1v) is 8.83. The smallest absolute Gasteiger partial charge is 0.150 e. The van der Waals surface area contributed by atoms with Gasteiger partial charge in [0.1, 0.15) is 12.1 Å². The van der Waals surface area contributed by atoms with Gasteiger partial charge in [0.2, 0.25) is 0 Å². The van der Waals surface area contributed by atoms with Crippen molar-refractivity contribution in [2.24, 2.45) is 0 Å². The zero-order valence-corrected chi connectivity index (χ0v) is 14.2. The Morgan fingerprint density at radius 1 is 1.19 bits per heavy atom. The van der Waals surface area contributed by atoms with Gasteiger partial charge >= 0.3 is 0 Å². The van der Waals surface area contributed by atoms with E-state index in [0.29, 0.717) is 0 Å². The van der Waals surface area contributed by atoms with E-state index in [2.05, 4.69) is 67.4 Å². The molecule has 0 amide bonds. The first-order valence-electron chi connectivity index (χ1n) is 6.83. The zero-order chi connectivity index (χ0) is 14.7. The third kappa shape index (κ3) is 3.09. The third-order valence-corrected chi connectivity index (χ3v) is 4.82. The molecule has 0 fully saturated rings. The summed E-state index contributed by atoms with van der Waals surface area (Å²) < 4.78 is 1.17. The summed E-state index contributed by atoms with van der Waals surface area (Å²) in [5.74, 6) is 1.03. The SMILES string of the molecule is Cc1csc2c(N(CCBr)Cc3ccccc3)ncnc12. The van der Waals surface area contributed by atoms with E-state index in [1.54, 1.807) is 17.7 Å². The number of hydrogen-bond donors (Lipinski definition) is 0. The summed E-state index contributed by atoms with van der Waals surface area (Å²) in [7, 11) is 0. The Kier molecular flexibility index (Phi) is 4.51. The Morgan fingerprint density at radius 2 is 2.00 bits per heavy atom. The van der Waals surface area contributed by atoms with E-state index in [1.807, 2.05) is 6.07 Å². The minimum atomic E-state index is 0.857. The maximum atomic E-state index is 4.54. The molecule has 0 saturated carbocycles. The van der Waals surface area contributed by atoms with Gasteiger partial charge in [-0.15, -0.1) is 11.3 Å². The highest BCUT2D eigenvalue weighted by Gasteiger charge is 2.14. The van der Waals surface area contributed by atoms with Crippen molar-refractivity contribution in [3.05, 3.63) is 53.2 Å². The van der Waals surface area contributed by atoms with Gasteiger partial charge in [-0.2, -0.15) is 0 Å². The fourth-order valence-electron chi connectivity index (χ4n) is 2.35. The van der Waals surface area contributed by atoms with Crippen molar-refractivity contribution in [3.8, 4) is 0 Å². The van der Waals surface area contributed by atoms with Crippen LogP contribution in [0.1, 0.15) is 11.1 Å². The van der Waals surface area contributed by atoms with Crippen LogP contribution >= 0.6 is 27.3 Å². The molecular formula is C16H16BrN3S. The molecule has 5 heteroatoms. The summed E-state index contributed by atoms with van der Waals surface area (Å²) >= 11 is 5.27. The van der Waals surface area contributed by atoms with Gasteiger partial charge < -0.3 is 4.90 Å². The van der Waals surface area contributed by atoms with Crippen LogP contribution in [0.4, 0.5) is 5.82 Å². The Bertz CT molecular complexity index is 727. The zero-order valence-electron chi connectivity index (χ0n) is 11.8. The summed E-state index contributed by atoms with van der Waals surface area (Å²) in [5.41, 5.74) is 3.58. The summed E-state index contributed by atoms with van der Waals surface area (Å²) in [6.07, 6.45) is 1.67. The van der Waals surface area contributed by atoms with Gasteiger partial charge in [-0.3, -0.25) is 0 Å². The number of rotatable bonds is 5. The van der Waals surface area contributed by atoms with E-state index in [9.17, 15) is 0 Å². The molecule has 3 rings (SSSR count). The van der Waals surface area contributed by atoms with Crippen molar-refractivity contribution in [3.63, 3.8) is 0 Å². The molecule has 2 heterocycles. The molecule has 0 unspecified atom stereocenters. The van der Waals surface area contributed by atoms with Gasteiger partial charge in [0, 0.05) is 18.4 Å². The van der Waals surface area contributed by atoms with Gasteiger partial charge in [-0.05, 0) is 23.4 Å².